The van der Waals surface area contributed by atoms with Crippen LogP contribution in [-0.4, -0.2) is 81.3 Å². The number of phenols is 2. The highest BCUT2D eigenvalue weighted by Gasteiger charge is 2.12. The van der Waals surface area contributed by atoms with Crippen LogP contribution in [0.4, 0.5) is 5.69 Å². The number of hydrogen-bond donors (Lipinski definition) is 2. The molecule has 2 rings (SSSR count). The third-order valence-electron chi connectivity index (χ3n) is 4.15. The van der Waals surface area contributed by atoms with E-state index < -0.39 is 0 Å². The molecular weight excluding hydrogens is 364 g/mol. The van der Waals surface area contributed by atoms with Crippen LogP contribution in [0.5, 0.6) is 11.5 Å². The van der Waals surface area contributed by atoms with E-state index in [1.54, 1.807) is 12.1 Å². The van der Waals surface area contributed by atoms with Crippen molar-refractivity contribution in [2.45, 2.75) is 19.6 Å². The summed E-state index contributed by atoms with van der Waals surface area (Å²) in [6.07, 6.45) is 0. The van der Waals surface area contributed by atoms with Gasteiger partial charge >= 0.3 is 0 Å². The largest absolute Gasteiger partial charge is 0.508 e. The summed E-state index contributed by atoms with van der Waals surface area (Å²) in [6.45, 7) is 2.40. The zero-order valence-electron chi connectivity index (χ0n) is 19.3. The van der Waals surface area contributed by atoms with Crippen molar-refractivity contribution < 1.29 is 10.2 Å². The summed E-state index contributed by atoms with van der Waals surface area (Å²) in [6, 6.07) is 11.4. The second kappa shape index (κ2) is 11.7. The summed E-state index contributed by atoms with van der Waals surface area (Å²) in [5.41, 5.74) is 4.26. The Morgan fingerprint density at radius 1 is 0.655 bits per heavy atom. The number of nitrogens with zero attached hydrogens (tertiary/aromatic N) is 4. The SMILES string of the molecule is CN(C)Cc1cc(CN(C)C)c(O)c(CN(C)C)c1.CN(C)c1cccc(O)c1. The first kappa shape index (κ1) is 24.8. The molecule has 2 N–H and O–H groups in total. The van der Waals surface area contributed by atoms with E-state index in [9.17, 15) is 5.11 Å². The zero-order chi connectivity index (χ0) is 22.1. The van der Waals surface area contributed by atoms with Crippen molar-refractivity contribution in [2.75, 3.05) is 61.3 Å². The highest BCUT2D eigenvalue weighted by atomic mass is 16.3. The Bertz CT molecular complexity index is 727. The summed E-state index contributed by atoms with van der Waals surface area (Å²) in [7, 11) is 16.1. The molecule has 0 atom stereocenters. The minimum absolute atomic E-state index is 0.311. The van der Waals surface area contributed by atoms with Crippen molar-refractivity contribution in [3.63, 3.8) is 0 Å². The van der Waals surface area contributed by atoms with Gasteiger partial charge in [-0.2, -0.15) is 0 Å². The van der Waals surface area contributed by atoms with Gasteiger partial charge in [0.2, 0.25) is 0 Å². The summed E-state index contributed by atoms with van der Waals surface area (Å²) >= 11 is 0. The van der Waals surface area contributed by atoms with Gasteiger partial charge in [0.15, 0.2) is 0 Å². The second-order valence-electron chi connectivity index (χ2n) is 8.39. The molecule has 162 valence electrons. The van der Waals surface area contributed by atoms with Gasteiger partial charge in [-0.25, -0.2) is 0 Å². The molecule has 0 saturated heterocycles. The predicted octanol–water partition coefficient (Wildman–Crippen LogP) is 3.04. The second-order valence-corrected chi connectivity index (χ2v) is 8.39. The Kier molecular flexibility index (Phi) is 9.95. The standard InChI is InChI=1S/C15H27N3O.C8H11NO/c1-16(2)9-12-7-13(10-17(3)4)15(19)14(8-12)11-18(5)6;1-9(2)7-4-3-5-8(10)6-7/h7-8,19H,9-11H2,1-6H3;3-6,10H,1-2H3. The molecule has 0 aliphatic carbocycles. The molecule has 0 amide bonds. The van der Waals surface area contributed by atoms with Crippen molar-refractivity contribution >= 4 is 5.69 Å². The molecule has 0 aromatic heterocycles. The molecule has 0 radical (unpaired) electrons. The number of rotatable bonds is 7. The molecular formula is C23H38N4O2. The van der Waals surface area contributed by atoms with Crippen LogP contribution in [0.3, 0.4) is 0 Å². The van der Waals surface area contributed by atoms with Gasteiger partial charge in [-0.3, -0.25) is 0 Å². The van der Waals surface area contributed by atoms with Crippen LogP contribution in [0.25, 0.3) is 0 Å². The highest BCUT2D eigenvalue weighted by Crippen LogP contribution is 2.27. The fourth-order valence-corrected chi connectivity index (χ4v) is 2.98. The molecule has 2 aromatic carbocycles. The van der Waals surface area contributed by atoms with Crippen molar-refractivity contribution in [2.24, 2.45) is 0 Å². The summed E-state index contributed by atoms with van der Waals surface area (Å²) < 4.78 is 0. The van der Waals surface area contributed by atoms with E-state index in [4.69, 9.17) is 5.11 Å². The normalized spacial score (nSPS) is 11.0. The topological polar surface area (TPSA) is 53.4 Å². The van der Waals surface area contributed by atoms with Gasteiger partial charge in [0.25, 0.3) is 0 Å². The van der Waals surface area contributed by atoms with E-state index in [0.717, 1.165) is 36.4 Å². The van der Waals surface area contributed by atoms with Crippen LogP contribution < -0.4 is 4.90 Å². The molecule has 2 aromatic rings. The number of aromatic hydroxyl groups is 2. The third kappa shape index (κ3) is 9.17. The molecule has 0 fully saturated rings. The maximum atomic E-state index is 10.4. The first-order valence-corrected chi connectivity index (χ1v) is 9.73. The van der Waals surface area contributed by atoms with Crippen LogP contribution in [0, 0.1) is 0 Å². The van der Waals surface area contributed by atoms with Crippen LogP contribution in [0.1, 0.15) is 16.7 Å². The molecule has 29 heavy (non-hydrogen) atoms. The molecule has 6 nitrogen and oxygen atoms in total. The van der Waals surface area contributed by atoms with E-state index >= 15 is 0 Å². The fourth-order valence-electron chi connectivity index (χ4n) is 2.98. The van der Waals surface area contributed by atoms with Gasteiger partial charge in [-0.15, -0.1) is 0 Å². The molecule has 0 bridgehead atoms. The number of hydrogen-bond acceptors (Lipinski definition) is 6. The molecule has 0 saturated carbocycles. The first-order chi connectivity index (χ1) is 13.5. The molecule has 0 unspecified atom stereocenters. The quantitative estimate of drug-likeness (QED) is 0.743. The van der Waals surface area contributed by atoms with Crippen molar-refractivity contribution in [1.29, 1.82) is 0 Å². The molecule has 6 heteroatoms. The lowest BCUT2D eigenvalue weighted by atomic mass is 10.0. The molecule has 0 spiro atoms. The van der Waals surface area contributed by atoms with Crippen molar-refractivity contribution in [3.8, 4) is 11.5 Å². The Labute approximate surface area is 176 Å². The van der Waals surface area contributed by atoms with Gasteiger partial charge in [0.05, 0.1) is 0 Å². The van der Waals surface area contributed by atoms with E-state index in [-0.39, 0.29) is 0 Å². The first-order valence-electron chi connectivity index (χ1n) is 9.73. The minimum Gasteiger partial charge on any atom is -0.508 e. The maximum Gasteiger partial charge on any atom is 0.124 e. The average molecular weight is 403 g/mol. The van der Waals surface area contributed by atoms with E-state index in [1.165, 1.54) is 5.56 Å². The maximum absolute atomic E-state index is 10.4. The molecule has 0 heterocycles. The van der Waals surface area contributed by atoms with Gasteiger partial charge in [-0.1, -0.05) is 6.07 Å². The van der Waals surface area contributed by atoms with Crippen LogP contribution in [-0.2, 0) is 19.6 Å². The van der Waals surface area contributed by atoms with E-state index in [2.05, 4.69) is 40.9 Å². The number of benzene rings is 2. The van der Waals surface area contributed by atoms with Crippen molar-refractivity contribution in [1.82, 2.24) is 14.7 Å². The fraction of sp³-hybridized carbons (Fsp3) is 0.478. The Morgan fingerprint density at radius 3 is 1.48 bits per heavy atom. The molecule has 0 aliphatic heterocycles. The highest BCUT2D eigenvalue weighted by molar-refractivity contribution is 5.48. The Morgan fingerprint density at radius 2 is 1.14 bits per heavy atom. The van der Waals surface area contributed by atoms with Crippen molar-refractivity contribution in [3.05, 3.63) is 53.1 Å². The Balaban J connectivity index is 0.000000352. The predicted molar refractivity (Wildman–Crippen MR) is 123 cm³/mol. The zero-order valence-corrected chi connectivity index (χ0v) is 19.3. The lowest BCUT2D eigenvalue weighted by molar-refractivity contribution is 0.365. The minimum atomic E-state index is 0.311. The van der Waals surface area contributed by atoms with E-state index in [1.807, 2.05) is 59.3 Å². The van der Waals surface area contributed by atoms with Gasteiger partial charge < -0.3 is 29.8 Å². The molecule has 0 aliphatic rings. The summed E-state index contributed by atoms with van der Waals surface area (Å²) in [5.74, 6) is 0.746. The van der Waals surface area contributed by atoms with Crippen LogP contribution in [0.2, 0.25) is 0 Å². The lowest BCUT2D eigenvalue weighted by Crippen LogP contribution is -2.16. The number of anilines is 1. The average Bonchev–Trinajstić information content (AvgIpc) is 2.58. The summed E-state index contributed by atoms with van der Waals surface area (Å²) in [5, 5.41) is 19.4. The van der Waals surface area contributed by atoms with Crippen LogP contribution >= 0.6 is 0 Å². The number of phenolic OH excluding ortho intramolecular Hbond substituents is 2. The Hall–Kier alpha value is -2.28. The lowest BCUT2D eigenvalue weighted by Gasteiger charge is -2.19. The van der Waals surface area contributed by atoms with E-state index in [0.29, 0.717) is 11.5 Å². The summed E-state index contributed by atoms with van der Waals surface area (Å²) in [4.78, 5) is 8.24. The monoisotopic (exact) mass is 402 g/mol. The smallest absolute Gasteiger partial charge is 0.124 e. The third-order valence-corrected chi connectivity index (χ3v) is 4.15. The van der Waals surface area contributed by atoms with Crippen LogP contribution in [0.15, 0.2) is 36.4 Å². The van der Waals surface area contributed by atoms with Gasteiger partial charge in [0, 0.05) is 56.6 Å². The van der Waals surface area contributed by atoms with Gasteiger partial charge in [-0.05, 0) is 72.1 Å². The van der Waals surface area contributed by atoms with Gasteiger partial charge in [0.1, 0.15) is 11.5 Å².